The first kappa shape index (κ1) is 16.9. The van der Waals surface area contributed by atoms with E-state index >= 15 is 0 Å². The first-order chi connectivity index (χ1) is 11.6. The number of halogens is 1. The number of piperidine rings is 1. The maximum atomic E-state index is 13.0. The van der Waals surface area contributed by atoms with Crippen LogP contribution in [0, 0.1) is 11.7 Å². The number of benzene rings is 1. The van der Waals surface area contributed by atoms with Crippen molar-refractivity contribution in [2.24, 2.45) is 5.92 Å². The van der Waals surface area contributed by atoms with Gasteiger partial charge in [0.1, 0.15) is 5.82 Å². The number of likely N-dealkylation sites (tertiary alicyclic amines) is 1. The number of hydrogen-bond acceptors (Lipinski definition) is 2. The molecule has 1 saturated heterocycles. The molecule has 0 radical (unpaired) electrons. The van der Waals surface area contributed by atoms with E-state index in [2.05, 4.69) is 5.32 Å². The van der Waals surface area contributed by atoms with Gasteiger partial charge in [-0.15, -0.1) is 0 Å². The van der Waals surface area contributed by atoms with Gasteiger partial charge in [-0.1, -0.05) is 19.3 Å². The summed E-state index contributed by atoms with van der Waals surface area (Å²) >= 11 is 0. The van der Waals surface area contributed by atoms with E-state index in [1.807, 2.05) is 0 Å². The zero-order valence-electron chi connectivity index (χ0n) is 14.0. The number of rotatable bonds is 3. The van der Waals surface area contributed by atoms with Crippen LogP contribution < -0.4 is 5.32 Å². The molecule has 2 fully saturated rings. The summed E-state index contributed by atoms with van der Waals surface area (Å²) < 4.78 is 13.0. The molecule has 1 unspecified atom stereocenters. The van der Waals surface area contributed by atoms with Crippen LogP contribution in [0.5, 0.6) is 0 Å². The van der Waals surface area contributed by atoms with Gasteiger partial charge in [0, 0.05) is 24.7 Å². The quantitative estimate of drug-likeness (QED) is 0.924. The average molecular weight is 332 g/mol. The third-order valence-electron chi connectivity index (χ3n) is 5.12. The minimum absolute atomic E-state index is 0.0820. The highest BCUT2D eigenvalue weighted by Crippen LogP contribution is 2.22. The summed E-state index contributed by atoms with van der Waals surface area (Å²) in [4.78, 5) is 26.8. The Hall–Kier alpha value is -1.91. The van der Waals surface area contributed by atoms with Crippen LogP contribution in [-0.4, -0.2) is 35.8 Å². The van der Waals surface area contributed by atoms with Crippen molar-refractivity contribution >= 4 is 11.8 Å². The van der Waals surface area contributed by atoms with Crippen LogP contribution >= 0.6 is 0 Å². The van der Waals surface area contributed by atoms with Crippen molar-refractivity contribution in [3.05, 3.63) is 35.6 Å². The van der Waals surface area contributed by atoms with Crippen LogP contribution in [0.4, 0.5) is 4.39 Å². The molecule has 3 rings (SSSR count). The zero-order valence-corrected chi connectivity index (χ0v) is 14.0. The molecule has 1 aromatic carbocycles. The van der Waals surface area contributed by atoms with Gasteiger partial charge >= 0.3 is 0 Å². The minimum atomic E-state index is -0.352. The highest BCUT2D eigenvalue weighted by molar-refractivity contribution is 5.94. The molecule has 1 aliphatic heterocycles. The molecule has 2 amide bonds. The lowest BCUT2D eigenvalue weighted by molar-refractivity contribution is -0.127. The maximum absolute atomic E-state index is 13.0. The Morgan fingerprint density at radius 1 is 1.00 bits per heavy atom. The number of nitrogens with one attached hydrogen (secondary N) is 1. The molecule has 5 heteroatoms. The summed E-state index contributed by atoms with van der Waals surface area (Å²) in [5.74, 6) is -0.524. The van der Waals surface area contributed by atoms with Gasteiger partial charge in [0.25, 0.3) is 5.91 Å². The van der Waals surface area contributed by atoms with E-state index in [4.69, 9.17) is 0 Å². The van der Waals surface area contributed by atoms with Crippen LogP contribution in [0.25, 0.3) is 0 Å². The molecule has 1 N–H and O–H groups in total. The molecule has 130 valence electrons. The first-order valence-electron chi connectivity index (χ1n) is 8.99. The van der Waals surface area contributed by atoms with Gasteiger partial charge in [-0.2, -0.15) is 0 Å². The summed E-state index contributed by atoms with van der Waals surface area (Å²) in [6.45, 7) is 1.11. The van der Waals surface area contributed by atoms with E-state index in [1.165, 1.54) is 43.5 Å². The number of carbonyl (C=O) groups is 2. The highest BCUT2D eigenvalue weighted by atomic mass is 19.1. The second-order valence-electron chi connectivity index (χ2n) is 6.94. The van der Waals surface area contributed by atoms with Crippen molar-refractivity contribution in [1.29, 1.82) is 0 Å². The van der Waals surface area contributed by atoms with Crippen LogP contribution in [0.3, 0.4) is 0 Å². The Balaban J connectivity index is 1.58. The zero-order chi connectivity index (χ0) is 16.9. The van der Waals surface area contributed by atoms with Gasteiger partial charge in [-0.3, -0.25) is 9.59 Å². The van der Waals surface area contributed by atoms with E-state index in [9.17, 15) is 14.0 Å². The number of carbonyl (C=O) groups excluding carboxylic acids is 2. The second-order valence-corrected chi connectivity index (χ2v) is 6.94. The van der Waals surface area contributed by atoms with Gasteiger partial charge in [-0.05, 0) is 49.9 Å². The topological polar surface area (TPSA) is 49.4 Å². The number of hydrogen-bond donors (Lipinski definition) is 1. The molecule has 1 aromatic rings. The average Bonchev–Trinajstić information content (AvgIpc) is 2.63. The van der Waals surface area contributed by atoms with Crippen molar-refractivity contribution in [2.45, 2.75) is 51.0 Å². The molecule has 0 bridgehead atoms. The first-order valence-corrected chi connectivity index (χ1v) is 8.99. The van der Waals surface area contributed by atoms with Gasteiger partial charge in [0.2, 0.25) is 5.91 Å². The molecule has 2 aliphatic rings. The predicted molar refractivity (Wildman–Crippen MR) is 90.0 cm³/mol. The van der Waals surface area contributed by atoms with Crippen molar-refractivity contribution in [3.8, 4) is 0 Å². The monoisotopic (exact) mass is 332 g/mol. The third kappa shape index (κ3) is 4.13. The second kappa shape index (κ2) is 7.77. The third-order valence-corrected chi connectivity index (χ3v) is 5.12. The summed E-state index contributed by atoms with van der Waals surface area (Å²) in [6, 6.07) is 5.90. The summed E-state index contributed by atoms with van der Waals surface area (Å²) in [7, 11) is 0. The lowest BCUT2D eigenvalue weighted by Crippen LogP contribution is -2.47. The van der Waals surface area contributed by atoms with E-state index in [-0.39, 0.29) is 23.5 Å². The number of amides is 2. The number of nitrogens with zero attached hydrogens (tertiary/aromatic N) is 1. The summed E-state index contributed by atoms with van der Waals surface area (Å²) in [6.07, 6.45) is 7.42. The highest BCUT2D eigenvalue weighted by Gasteiger charge is 2.30. The Morgan fingerprint density at radius 2 is 1.71 bits per heavy atom. The van der Waals surface area contributed by atoms with Crippen molar-refractivity contribution in [3.63, 3.8) is 0 Å². The lowest BCUT2D eigenvalue weighted by atomic mass is 9.93. The molecule has 1 aliphatic carbocycles. The molecule has 24 heavy (non-hydrogen) atoms. The van der Waals surface area contributed by atoms with Crippen molar-refractivity contribution in [2.75, 3.05) is 13.1 Å². The van der Waals surface area contributed by atoms with Crippen molar-refractivity contribution in [1.82, 2.24) is 10.2 Å². The van der Waals surface area contributed by atoms with Crippen LogP contribution in [0.15, 0.2) is 24.3 Å². The van der Waals surface area contributed by atoms with E-state index in [0.29, 0.717) is 24.7 Å². The fraction of sp³-hybridized carbons (Fsp3) is 0.579. The molecule has 1 heterocycles. The van der Waals surface area contributed by atoms with Gasteiger partial charge in [0.15, 0.2) is 0 Å². The maximum Gasteiger partial charge on any atom is 0.253 e. The minimum Gasteiger partial charge on any atom is -0.353 e. The van der Waals surface area contributed by atoms with Gasteiger partial charge < -0.3 is 10.2 Å². The standard InChI is InChI=1S/C19H25FN2O2/c20-16-10-8-14(9-11-16)19(24)22-12-4-5-15(13-22)18(23)21-17-6-2-1-3-7-17/h8-11,15,17H,1-7,12-13H2,(H,21,23). The Kier molecular flexibility index (Phi) is 5.48. The van der Waals surface area contributed by atoms with Crippen LogP contribution in [0.2, 0.25) is 0 Å². The molecular formula is C19H25FN2O2. The Labute approximate surface area is 142 Å². The molecule has 4 nitrogen and oxygen atoms in total. The predicted octanol–water partition coefficient (Wildman–Crippen LogP) is 3.13. The van der Waals surface area contributed by atoms with Crippen molar-refractivity contribution < 1.29 is 14.0 Å². The Morgan fingerprint density at radius 3 is 2.42 bits per heavy atom. The van der Waals surface area contributed by atoms with Gasteiger partial charge in [-0.25, -0.2) is 4.39 Å². The lowest BCUT2D eigenvalue weighted by Gasteiger charge is -2.33. The fourth-order valence-corrected chi connectivity index (χ4v) is 3.72. The van der Waals surface area contributed by atoms with E-state index < -0.39 is 0 Å². The van der Waals surface area contributed by atoms with Crippen LogP contribution in [-0.2, 0) is 4.79 Å². The normalized spacial score (nSPS) is 22.2. The smallest absolute Gasteiger partial charge is 0.253 e. The Bertz CT molecular complexity index is 582. The van der Waals surface area contributed by atoms with Crippen LogP contribution in [0.1, 0.15) is 55.3 Å². The summed E-state index contributed by atoms with van der Waals surface area (Å²) in [5, 5.41) is 3.17. The molecular weight excluding hydrogens is 307 g/mol. The van der Waals surface area contributed by atoms with E-state index in [1.54, 1.807) is 4.90 Å². The molecule has 0 spiro atoms. The summed E-state index contributed by atoms with van der Waals surface area (Å²) in [5.41, 5.74) is 0.477. The molecule has 1 atom stereocenters. The van der Waals surface area contributed by atoms with Gasteiger partial charge in [0.05, 0.1) is 5.92 Å². The fourth-order valence-electron chi connectivity index (χ4n) is 3.72. The SMILES string of the molecule is O=C(NC1CCCCC1)C1CCCN(C(=O)c2ccc(F)cc2)C1. The largest absolute Gasteiger partial charge is 0.353 e. The van der Waals surface area contributed by atoms with E-state index in [0.717, 1.165) is 25.7 Å². The molecule has 0 aromatic heterocycles. The molecule has 1 saturated carbocycles.